The van der Waals surface area contributed by atoms with Gasteiger partial charge >= 0.3 is 0 Å². The highest BCUT2D eigenvalue weighted by molar-refractivity contribution is 7.07. The maximum absolute atomic E-state index is 5.40. The van der Waals surface area contributed by atoms with Crippen molar-refractivity contribution in [2.45, 2.75) is 20.0 Å². The van der Waals surface area contributed by atoms with E-state index in [0.29, 0.717) is 0 Å². The number of ether oxygens (including phenoxy) is 1. The SMILES string of the molecule is CCN1CCN(c2nc3cc(OC)ccc3cc2CNCc2ccsc2)CC1. The largest absolute Gasteiger partial charge is 0.497 e. The number of nitrogens with zero attached hydrogens (tertiary/aromatic N) is 3. The lowest BCUT2D eigenvalue weighted by Crippen LogP contribution is -2.46. The quantitative estimate of drug-likeness (QED) is 0.659. The summed E-state index contributed by atoms with van der Waals surface area (Å²) < 4.78 is 5.40. The van der Waals surface area contributed by atoms with Crippen molar-refractivity contribution in [1.82, 2.24) is 15.2 Å². The fourth-order valence-electron chi connectivity index (χ4n) is 3.72. The molecule has 5 nitrogen and oxygen atoms in total. The zero-order valence-electron chi connectivity index (χ0n) is 16.6. The molecule has 1 aromatic carbocycles. The van der Waals surface area contributed by atoms with Crippen LogP contribution in [0.5, 0.6) is 5.75 Å². The molecule has 0 spiro atoms. The summed E-state index contributed by atoms with van der Waals surface area (Å²) in [4.78, 5) is 10.00. The Balaban J connectivity index is 1.60. The molecule has 3 heterocycles. The van der Waals surface area contributed by atoms with Gasteiger partial charge in [-0.25, -0.2) is 4.98 Å². The van der Waals surface area contributed by atoms with Crippen molar-refractivity contribution in [3.63, 3.8) is 0 Å². The molecule has 0 radical (unpaired) electrons. The number of likely N-dealkylation sites (N-methyl/N-ethyl adjacent to an activating group) is 1. The first-order valence-corrected chi connectivity index (χ1v) is 10.9. The van der Waals surface area contributed by atoms with Crippen molar-refractivity contribution < 1.29 is 4.74 Å². The van der Waals surface area contributed by atoms with Gasteiger partial charge in [-0.05, 0) is 47.1 Å². The molecule has 6 heteroatoms. The molecule has 0 amide bonds. The molecule has 2 aromatic heterocycles. The van der Waals surface area contributed by atoms with Gasteiger partial charge in [0.25, 0.3) is 0 Å². The number of hydrogen-bond donors (Lipinski definition) is 1. The fourth-order valence-corrected chi connectivity index (χ4v) is 4.39. The van der Waals surface area contributed by atoms with Crippen LogP contribution in [0.1, 0.15) is 18.1 Å². The summed E-state index contributed by atoms with van der Waals surface area (Å²) in [6.07, 6.45) is 0. The number of piperazine rings is 1. The molecule has 28 heavy (non-hydrogen) atoms. The third-order valence-electron chi connectivity index (χ3n) is 5.42. The molecule has 1 aliphatic rings. The van der Waals surface area contributed by atoms with Crippen LogP contribution in [0.3, 0.4) is 0 Å². The Morgan fingerprint density at radius 1 is 1.11 bits per heavy atom. The summed E-state index contributed by atoms with van der Waals surface area (Å²) >= 11 is 1.74. The maximum atomic E-state index is 5.40. The van der Waals surface area contributed by atoms with Gasteiger partial charge in [0.15, 0.2) is 0 Å². The molecule has 3 aromatic rings. The van der Waals surface area contributed by atoms with Gasteiger partial charge in [-0.15, -0.1) is 0 Å². The van der Waals surface area contributed by atoms with E-state index in [0.717, 1.165) is 68.3 Å². The van der Waals surface area contributed by atoms with Gasteiger partial charge in [0.2, 0.25) is 0 Å². The molecule has 1 aliphatic heterocycles. The van der Waals surface area contributed by atoms with E-state index in [-0.39, 0.29) is 0 Å². The molecular formula is C22H28N4OS. The third-order valence-corrected chi connectivity index (χ3v) is 6.16. The minimum absolute atomic E-state index is 0.814. The van der Waals surface area contributed by atoms with E-state index in [9.17, 15) is 0 Å². The molecule has 0 aliphatic carbocycles. The van der Waals surface area contributed by atoms with E-state index >= 15 is 0 Å². The number of benzene rings is 1. The second kappa shape index (κ2) is 8.90. The van der Waals surface area contributed by atoms with E-state index in [1.807, 2.05) is 12.1 Å². The number of rotatable bonds is 7. The molecule has 0 unspecified atom stereocenters. The van der Waals surface area contributed by atoms with Crippen LogP contribution >= 0.6 is 11.3 Å². The first kappa shape index (κ1) is 19.2. The van der Waals surface area contributed by atoms with Crippen LogP contribution in [0.15, 0.2) is 41.1 Å². The number of hydrogen-bond acceptors (Lipinski definition) is 6. The van der Waals surface area contributed by atoms with Crippen molar-refractivity contribution in [2.24, 2.45) is 0 Å². The maximum Gasteiger partial charge on any atom is 0.133 e. The van der Waals surface area contributed by atoms with Gasteiger partial charge in [-0.3, -0.25) is 0 Å². The van der Waals surface area contributed by atoms with Gasteiger partial charge in [-0.2, -0.15) is 11.3 Å². The van der Waals surface area contributed by atoms with E-state index in [4.69, 9.17) is 9.72 Å². The first-order valence-electron chi connectivity index (χ1n) is 9.93. The second-order valence-corrected chi connectivity index (χ2v) is 7.97. The van der Waals surface area contributed by atoms with Crippen molar-refractivity contribution in [3.8, 4) is 5.75 Å². The number of methoxy groups -OCH3 is 1. The van der Waals surface area contributed by atoms with Crippen LogP contribution in [0, 0.1) is 0 Å². The van der Waals surface area contributed by atoms with Crippen molar-refractivity contribution in [3.05, 3.63) is 52.2 Å². The van der Waals surface area contributed by atoms with Gasteiger partial charge in [0.05, 0.1) is 12.6 Å². The summed E-state index contributed by atoms with van der Waals surface area (Å²) in [7, 11) is 1.70. The molecule has 1 saturated heterocycles. The molecule has 0 atom stereocenters. The molecule has 4 rings (SSSR count). The molecular weight excluding hydrogens is 368 g/mol. The monoisotopic (exact) mass is 396 g/mol. The van der Waals surface area contributed by atoms with Gasteiger partial charge in [0, 0.05) is 56.3 Å². The zero-order valence-corrected chi connectivity index (χ0v) is 17.5. The third kappa shape index (κ3) is 4.29. The Hall–Kier alpha value is -2.15. The minimum Gasteiger partial charge on any atom is -0.497 e. The molecule has 1 N–H and O–H groups in total. The van der Waals surface area contributed by atoms with Gasteiger partial charge in [0.1, 0.15) is 11.6 Å². The summed E-state index contributed by atoms with van der Waals surface area (Å²) in [6.45, 7) is 9.27. The van der Waals surface area contributed by atoms with Crippen molar-refractivity contribution in [1.29, 1.82) is 0 Å². The number of anilines is 1. The normalized spacial score (nSPS) is 15.3. The Bertz CT molecular complexity index is 904. The van der Waals surface area contributed by atoms with Crippen LogP contribution in [-0.2, 0) is 13.1 Å². The number of nitrogens with one attached hydrogen (secondary N) is 1. The summed E-state index contributed by atoms with van der Waals surface area (Å²) in [6, 6.07) is 10.6. The van der Waals surface area contributed by atoms with Crippen molar-refractivity contribution >= 4 is 28.1 Å². The first-order chi connectivity index (χ1) is 13.8. The molecule has 148 valence electrons. The average Bonchev–Trinajstić information content (AvgIpc) is 3.26. The van der Waals surface area contributed by atoms with Crippen molar-refractivity contribution in [2.75, 3.05) is 44.7 Å². The fraction of sp³-hybridized carbons (Fsp3) is 0.409. The second-order valence-electron chi connectivity index (χ2n) is 7.19. The van der Waals surface area contributed by atoms with E-state index in [1.54, 1.807) is 18.4 Å². The van der Waals surface area contributed by atoms with Crippen LogP contribution in [0.4, 0.5) is 5.82 Å². The minimum atomic E-state index is 0.814. The van der Waals surface area contributed by atoms with E-state index < -0.39 is 0 Å². The van der Waals surface area contributed by atoms with Crippen LogP contribution in [-0.4, -0.2) is 49.7 Å². The highest BCUT2D eigenvalue weighted by Crippen LogP contribution is 2.27. The van der Waals surface area contributed by atoms with Crippen LogP contribution in [0.2, 0.25) is 0 Å². The number of thiophene rings is 1. The lowest BCUT2D eigenvalue weighted by atomic mass is 10.1. The van der Waals surface area contributed by atoms with E-state index in [1.165, 1.54) is 11.1 Å². The van der Waals surface area contributed by atoms with E-state index in [2.05, 4.69) is 51.0 Å². The van der Waals surface area contributed by atoms with Crippen LogP contribution in [0.25, 0.3) is 10.9 Å². The Morgan fingerprint density at radius 2 is 1.96 bits per heavy atom. The highest BCUT2D eigenvalue weighted by Gasteiger charge is 2.20. The topological polar surface area (TPSA) is 40.6 Å². The average molecular weight is 397 g/mol. The predicted molar refractivity (Wildman–Crippen MR) is 117 cm³/mol. The highest BCUT2D eigenvalue weighted by atomic mass is 32.1. The standard InChI is InChI=1S/C22H28N4OS/c1-3-25-7-9-26(10-8-25)22-19(15-23-14-17-6-11-28-16-17)12-18-4-5-20(27-2)13-21(18)24-22/h4-6,11-13,16,23H,3,7-10,14-15H2,1-2H3. The smallest absolute Gasteiger partial charge is 0.133 e. The summed E-state index contributed by atoms with van der Waals surface area (Å²) in [5, 5.41) is 9.08. The summed E-state index contributed by atoms with van der Waals surface area (Å²) in [5.41, 5.74) is 3.59. The lowest BCUT2D eigenvalue weighted by molar-refractivity contribution is 0.270. The number of fused-ring (bicyclic) bond motifs is 1. The lowest BCUT2D eigenvalue weighted by Gasteiger charge is -2.35. The predicted octanol–water partition coefficient (Wildman–Crippen LogP) is 3.74. The Kier molecular flexibility index (Phi) is 6.10. The zero-order chi connectivity index (χ0) is 19.3. The van der Waals surface area contributed by atoms with Gasteiger partial charge in [-0.1, -0.05) is 6.92 Å². The molecule has 1 fully saturated rings. The summed E-state index contributed by atoms with van der Waals surface area (Å²) in [5.74, 6) is 1.96. The molecule has 0 saturated carbocycles. The van der Waals surface area contributed by atoms with Crippen LogP contribution < -0.4 is 15.0 Å². The number of aromatic nitrogens is 1. The van der Waals surface area contributed by atoms with Gasteiger partial charge < -0.3 is 19.9 Å². The molecule has 0 bridgehead atoms. The number of pyridine rings is 1. The Morgan fingerprint density at radius 3 is 2.68 bits per heavy atom. The Labute approximate surface area is 170 Å².